The Morgan fingerprint density at radius 2 is 1.83 bits per heavy atom. The highest BCUT2D eigenvalue weighted by atomic mass is 16.5. The van der Waals surface area contributed by atoms with Crippen LogP contribution in [0, 0.1) is 0 Å². The lowest BCUT2D eigenvalue weighted by Gasteiger charge is -2.44. The standard InChI is InChI=1S/C14H31N3O/c1-6-13(11-18-5)15-12-14(2,3)17-9-7-16(4)8-10-17/h13,15H,6-12H2,1-5H3. The molecule has 0 aromatic carbocycles. The Morgan fingerprint density at radius 1 is 1.22 bits per heavy atom. The molecule has 0 amide bonds. The van der Waals surface area contributed by atoms with Crippen LogP contribution in [0.4, 0.5) is 0 Å². The van der Waals surface area contributed by atoms with Gasteiger partial charge in [-0.25, -0.2) is 0 Å². The maximum absolute atomic E-state index is 5.24. The fraction of sp³-hybridized carbons (Fsp3) is 1.00. The summed E-state index contributed by atoms with van der Waals surface area (Å²) in [5.41, 5.74) is 0.225. The van der Waals surface area contributed by atoms with E-state index in [1.165, 1.54) is 26.2 Å². The number of hydrogen-bond acceptors (Lipinski definition) is 4. The molecule has 0 saturated carbocycles. The molecule has 1 fully saturated rings. The summed E-state index contributed by atoms with van der Waals surface area (Å²) in [6.45, 7) is 13.4. The summed E-state index contributed by atoms with van der Waals surface area (Å²) in [4.78, 5) is 5.00. The lowest BCUT2D eigenvalue weighted by molar-refractivity contribution is 0.0568. The van der Waals surface area contributed by atoms with E-state index in [0.29, 0.717) is 6.04 Å². The zero-order valence-corrected chi connectivity index (χ0v) is 12.8. The zero-order valence-electron chi connectivity index (χ0n) is 12.8. The van der Waals surface area contributed by atoms with E-state index >= 15 is 0 Å². The fourth-order valence-electron chi connectivity index (χ4n) is 2.44. The SMILES string of the molecule is CCC(COC)NCC(C)(C)N1CCN(C)CC1. The molecule has 1 N–H and O–H groups in total. The van der Waals surface area contributed by atoms with Crippen LogP contribution in [-0.4, -0.2) is 74.9 Å². The third-order valence-corrected chi connectivity index (χ3v) is 4.04. The van der Waals surface area contributed by atoms with Gasteiger partial charge in [-0.1, -0.05) is 6.92 Å². The first-order valence-electron chi connectivity index (χ1n) is 7.15. The number of nitrogens with one attached hydrogen (secondary N) is 1. The third-order valence-electron chi connectivity index (χ3n) is 4.04. The molecule has 1 unspecified atom stereocenters. The van der Waals surface area contributed by atoms with Gasteiger partial charge in [-0.2, -0.15) is 0 Å². The van der Waals surface area contributed by atoms with Crippen molar-refractivity contribution < 1.29 is 4.74 Å². The molecule has 0 radical (unpaired) electrons. The van der Waals surface area contributed by atoms with E-state index in [1.807, 2.05) is 0 Å². The molecule has 0 spiro atoms. The summed E-state index contributed by atoms with van der Waals surface area (Å²) < 4.78 is 5.24. The molecule has 1 saturated heterocycles. The quantitative estimate of drug-likeness (QED) is 0.737. The van der Waals surface area contributed by atoms with Gasteiger partial charge < -0.3 is 15.0 Å². The van der Waals surface area contributed by atoms with Crippen molar-refractivity contribution in [1.82, 2.24) is 15.1 Å². The van der Waals surface area contributed by atoms with E-state index in [0.717, 1.165) is 19.6 Å². The molecular weight excluding hydrogens is 226 g/mol. The van der Waals surface area contributed by atoms with Crippen LogP contribution >= 0.6 is 0 Å². The number of likely N-dealkylation sites (N-methyl/N-ethyl adjacent to an activating group) is 1. The summed E-state index contributed by atoms with van der Waals surface area (Å²) in [5.74, 6) is 0. The van der Waals surface area contributed by atoms with Crippen LogP contribution in [0.1, 0.15) is 27.2 Å². The van der Waals surface area contributed by atoms with Crippen molar-refractivity contribution in [1.29, 1.82) is 0 Å². The second kappa shape index (κ2) is 7.43. The van der Waals surface area contributed by atoms with E-state index in [9.17, 15) is 0 Å². The predicted molar refractivity (Wildman–Crippen MR) is 77.1 cm³/mol. The van der Waals surface area contributed by atoms with Crippen molar-refractivity contribution in [2.45, 2.75) is 38.8 Å². The van der Waals surface area contributed by atoms with Crippen molar-refractivity contribution in [3.63, 3.8) is 0 Å². The Kier molecular flexibility index (Phi) is 6.57. The molecule has 1 aliphatic heterocycles. The molecule has 1 heterocycles. The van der Waals surface area contributed by atoms with Crippen LogP contribution in [0.5, 0.6) is 0 Å². The number of hydrogen-bond donors (Lipinski definition) is 1. The molecule has 18 heavy (non-hydrogen) atoms. The maximum Gasteiger partial charge on any atom is 0.0615 e. The Bertz CT molecular complexity index is 225. The molecule has 4 heteroatoms. The second-order valence-corrected chi connectivity index (χ2v) is 6.04. The Hall–Kier alpha value is -0.160. The highest BCUT2D eigenvalue weighted by Gasteiger charge is 2.29. The van der Waals surface area contributed by atoms with Crippen LogP contribution in [0.3, 0.4) is 0 Å². The van der Waals surface area contributed by atoms with E-state index in [-0.39, 0.29) is 5.54 Å². The van der Waals surface area contributed by atoms with Gasteiger partial charge in [0.15, 0.2) is 0 Å². The average Bonchev–Trinajstić information content (AvgIpc) is 2.35. The first-order valence-corrected chi connectivity index (χ1v) is 7.15. The van der Waals surface area contributed by atoms with Gasteiger partial charge in [0.25, 0.3) is 0 Å². The number of nitrogens with zero attached hydrogens (tertiary/aromatic N) is 2. The van der Waals surface area contributed by atoms with Crippen molar-refractivity contribution >= 4 is 0 Å². The van der Waals surface area contributed by atoms with Gasteiger partial charge in [0.05, 0.1) is 6.61 Å². The fourth-order valence-corrected chi connectivity index (χ4v) is 2.44. The van der Waals surface area contributed by atoms with Gasteiger partial charge in [0.1, 0.15) is 0 Å². The topological polar surface area (TPSA) is 27.7 Å². The van der Waals surface area contributed by atoms with Crippen LogP contribution in [0.25, 0.3) is 0 Å². The largest absolute Gasteiger partial charge is 0.383 e. The van der Waals surface area contributed by atoms with Crippen LogP contribution in [-0.2, 0) is 4.74 Å². The second-order valence-electron chi connectivity index (χ2n) is 6.04. The molecule has 0 aliphatic carbocycles. The summed E-state index contributed by atoms with van der Waals surface area (Å²) in [6, 6.07) is 0.474. The van der Waals surface area contributed by atoms with E-state index in [2.05, 4.69) is 42.9 Å². The van der Waals surface area contributed by atoms with E-state index in [4.69, 9.17) is 4.74 Å². The molecule has 1 aliphatic rings. The average molecular weight is 257 g/mol. The van der Waals surface area contributed by atoms with Gasteiger partial charge in [0.2, 0.25) is 0 Å². The van der Waals surface area contributed by atoms with Gasteiger partial charge in [0, 0.05) is 51.4 Å². The lowest BCUT2D eigenvalue weighted by atomic mass is 10.0. The van der Waals surface area contributed by atoms with Crippen molar-refractivity contribution in [2.75, 3.05) is 53.5 Å². The van der Waals surface area contributed by atoms with Gasteiger partial charge in [-0.05, 0) is 27.3 Å². The number of rotatable bonds is 7. The monoisotopic (exact) mass is 257 g/mol. The van der Waals surface area contributed by atoms with Crippen LogP contribution < -0.4 is 5.32 Å². The smallest absolute Gasteiger partial charge is 0.0615 e. The van der Waals surface area contributed by atoms with Crippen LogP contribution in [0.2, 0.25) is 0 Å². The highest BCUT2D eigenvalue weighted by Crippen LogP contribution is 2.16. The minimum Gasteiger partial charge on any atom is -0.383 e. The minimum absolute atomic E-state index is 0.225. The number of ether oxygens (including phenoxy) is 1. The highest BCUT2D eigenvalue weighted by molar-refractivity contribution is 4.88. The first kappa shape index (κ1) is 15.9. The first-order chi connectivity index (χ1) is 8.49. The molecule has 0 aromatic rings. The molecule has 0 bridgehead atoms. The Morgan fingerprint density at radius 3 is 2.33 bits per heavy atom. The van der Waals surface area contributed by atoms with Gasteiger partial charge in [-0.15, -0.1) is 0 Å². The minimum atomic E-state index is 0.225. The summed E-state index contributed by atoms with van der Waals surface area (Å²) in [6.07, 6.45) is 1.12. The Balaban J connectivity index is 2.38. The van der Waals surface area contributed by atoms with Gasteiger partial charge >= 0.3 is 0 Å². The van der Waals surface area contributed by atoms with Gasteiger partial charge in [-0.3, -0.25) is 4.90 Å². The predicted octanol–water partition coefficient (Wildman–Crippen LogP) is 1.03. The normalized spacial score (nSPS) is 21.2. The summed E-state index contributed by atoms with van der Waals surface area (Å²) in [5, 5.41) is 3.64. The lowest BCUT2D eigenvalue weighted by Crippen LogP contribution is -2.58. The van der Waals surface area contributed by atoms with Crippen molar-refractivity contribution in [2.24, 2.45) is 0 Å². The number of piperazine rings is 1. The maximum atomic E-state index is 5.24. The molecular formula is C14H31N3O. The third kappa shape index (κ3) is 4.84. The van der Waals surface area contributed by atoms with E-state index < -0.39 is 0 Å². The summed E-state index contributed by atoms with van der Waals surface area (Å²) in [7, 11) is 3.98. The van der Waals surface area contributed by atoms with Crippen molar-refractivity contribution in [3.05, 3.63) is 0 Å². The van der Waals surface area contributed by atoms with Crippen LogP contribution in [0.15, 0.2) is 0 Å². The number of methoxy groups -OCH3 is 1. The molecule has 1 atom stereocenters. The van der Waals surface area contributed by atoms with E-state index in [1.54, 1.807) is 7.11 Å². The molecule has 108 valence electrons. The Labute approximate surface area is 113 Å². The molecule has 4 nitrogen and oxygen atoms in total. The van der Waals surface area contributed by atoms with Crippen molar-refractivity contribution in [3.8, 4) is 0 Å². The molecule has 0 aromatic heterocycles. The zero-order chi connectivity index (χ0) is 13.6. The molecule has 1 rings (SSSR count). The summed E-state index contributed by atoms with van der Waals surface area (Å²) >= 11 is 0.